The highest BCUT2D eigenvalue weighted by atomic mass is 14.6. The van der Waals surface area contributed by atoms with Crippen LogP contribution in [-0.2, 0) is 5.41 Å². The lowest BCUT2D eigenvalue weighted by molar-refractivity contribution is 0.199. The van der Waals surface area contributed by atoms with Crippen LogP contribution in [0.5, 0.6) is 0 Å². The van der Waals surface area contributed by atoms with Gasteiger partial charge in [0.2, 0.25) is 0 Å². The van der Waals surface area contributed by atoms with E-state index >= 15 is 0 Å². The summed E-state index contributed by atoms with van der Waals surface area (Å²) in [7, 11) is 0. The lowest BCUT2D eigenvalue weighted by Gasteiger charge is -2.48. The van der Waals surface area contributed by atoms with Gasteiger partial charge in [-0.3, -0.25) is 0 Å². The lowest BCUT2D eigenvalue weighted by Crippen LogP contribution is -2.39. The van der Waals surface area contributed by atoms with E-state index in [0.717, 1.165) is 6.54 Å². The van der Waals surface area contributed by atoms with Crippen LogP contribution < -0.4 is 5.73 Å². The van der Waals surface area contributed by atoms with Crippen molar-refractivity contribution in [1.82, 2.24) is 0 Å². The van der Waals surface area contributed by atoms with Crippen LogP contribution in [0.2, 0.25) is 0 Å². The highest BCUT2D eigenvalue weighted by Gasteiger charge is 2.43. The molecule has 1 aromatic carbocycles. The first kappa shape index (κ1) is 10.3. The maximum atomic E-state index is 5.90. The summed E-state index contributed by atoms with van der Waals surface area (Å²) in [5, 5.41) is 0. The van der Waals surface area contributed by atoms with Crippen molar-refractivity contribution in [1.29, 1.82) is 0 Å². The summed E-state index contributed by atoms with van der Waals surface area (Å²) >= 11 is 0. The third kappa shape index (κ3) is 1.34. The monoisotopic (exact) mass is 215 g/mol. The van der Waals surface area contributed by atoms with Crippen LogP contribution in [0.4, 0.5) is 0 Å². The zero-order chi connectivity index (χ0) is 11.2. The summed E-state index contributed by atoms with van der Waals surface area (Å²) in [4.78, 5) is 0. The van der Waals surface area contributed by atoms with Crippen molar-refractivity contribution in [3.05, 3.63) is 34.9 Å². The van der Waals surface area contributed by atoms with Gasteiger partial charge in [-0.1, -0.05) is 30.2 Å². The van der Waals surface area contributed by atoms with Crippen molar-refractivity contribution in [3.8, 4) is 0 Å². The molecule has 1 nitrogen and oxygen atoms in total. The minimum absolute atomic E-state index is 0.549. The number of nitrogens with two attached hydrogens (primary N) is 1. The van der Waals surface area contributed by atoms with Gasteiger partial charge in [0, 0.05) is 0 Å². The average Bonchev–Trinajstić information content (AvgIpc) is 2.25. The van der Waals surface area contributed by atoms with Crippen molar-refractivity contribution >= 4 is 0 Å². The second-order valence-electron chi connectivity index (χ2n) is 5.70. The fourth-order valence-electron chi connectivity index (χ4n) is 3.59. The van der Waals surface area contributed by atoms with E-state index in [1.165, 1.54) is 37.7 Å². The normalized spacial score (nSPS) is 26.2. The predicted molar refractivity (Wildman–Crippen MR) is 67.7 cm³/mol. The Hall–Kier alpha value is -0.820. The molecule has 0 heterocycles. The Balaban J connectivity index is 2.10. The van der Waals surface area contributed by atoms with Gasteiger partial charge in [-0.15, -0.1) is 0 Å². The van der Waals surface area contributed by atoms with Gasteiger partial charge in [0.05, 0.1) is 0 Å². The number of aryl methyl sites for hydroxylation is 1. The van der Waals surface area contributed by atoms with Crippen LogP contribution in [0, 0.1) is 6.92 Å². The van der Waals surface area contributed by atoms with Gasteiger partial charge in [-0.05, 0) is 61.6 Å². The van der Waals surface area contributed by atoms with Crippen LogP contribution in [0.3, 0.4) is 0 Å². The van der Waals surface area contributed by atoms with Crippen molar-refractivity contribution in [2.75, 3.05) is 6.54 Å². The van der Waals surface area contributed by atoms with E-state index < -0.39 is 0 Å². The molecular weight excluding hydrogens is 194 g/mol. The Bertz CT molecular complexity index is 404. The van der Waals surface area contributed by atoms with Gasteiger partial charge >= 0.3 is 0 Å². The zero-order valence-electron chi connectivity index (χ0n) is 10.1. The van der Waals surface area contributed by atoms with Gasteiger partial charge in [0.15, 0.2) is 0 Å². The summed E-state index contributed by atoms with van der Waals surface area (Å²) in [5.74, 6) is 0.613. The summed E-state index contributed by atoms with van der Waals surface area (Å²) in [6.45, 7) is 3.02. The number of hydrogen-bond acceptors (Lipinski definition) is 1. The Morgan fingerprint density at radius 2 is 2.12 bits per heavy atom. The molecular formula is C15H21N. The Morgan fingerprint density at radius 3 is 2.75 bits per heavy atom. The minimum atomic E-state index is 0.549. The maximum Gasteiger partial charge on any atom is -0.000813 e. The van der Waals surface area contributed by atoms with Crippen LogP contribution >= 0.6 is 0 Å². The molecule has 1 fully saturated rings. The molecule has 1 saturated carbocycles. The van der Waals surface area contributed by atoms with E-state index in [2.05, 4.69) is 25.1 Å². The quantitative estimate of drug-likeness (QED) is 0.764. The number of fused-ring (bicyclic) bond motifs is 2. The molecule has 1 aromatic rings. The van der Waals surface area contributed by atoms with Crippen molar-refractivity contribution in [2.45, 2.75) is 50.4 Å². The van der Waals surface area contributed by atoms with Gasteiger partial charge in [-0.25, -0.2) is 0 Å². The molecule has 0 aliphatic heterocycles. The number of rotatable bonds is 1. The first-order valence-electron chi connectivity index (χ1n) is 6.56. The third-order valence-corrected chi connectivity index (χ3v) is 4.79. The highest BCUT2D eigenvalue weighted by molar-refractivity contribution is 5.43. The van der Waals surface area contributed by atoms with E-state index in [0.29, 0.717) is 11.3 Å². The zero-order valence-corrected chi connectivity index (χ0v) is 10.1. The Labute approximate surface area is 98.0 Å². The van der Waals surface area contributed by atoms with E-state index in [1.54, 1.807) is 11.1 Å². The molecule has 1 atom stereocenters. The molecule has 0 aromatic heterocycles. The van der Waals surface area contributed by atoms with Gasteiger partial charge in [-0.2, -0.15) is 0 Å². The Morgan fingerprint density at radius 1 is 1.31 bits per heavy atom. The van der Waals surface area contributed by atoms with Crippen LogP contribution in [0.15, 0.2) is 18.2 Å². The van der Waals surface area contributed by atoms with E-state index in [1.807, 2.05) is 0 Å². The first-order valence-corrected chi connectivity index (χ1v) is 6.56. The van der Waals surface area contributed by atoms with Crippen molar-refractivity contribution in [2.24, 2.45) is 5.73 Å². The number of benzene rings is 1. The van der Waals surface area contributed by atoms with E-state index in [4.69, 9.17) is 5.73 Å². The number of hydrogen-bond donors (Lipinski definition) is 1. The average molecular weight is 215 g/mol. The van der Waals surface area contributed by atoms with Crippen molar-refractivity contribution < 1.29 is 0 Å². The highest BCUT2D eigenvalue weighted by Crippen LogP contribution is 2.53. The molecule has 0 bridgehead atoms. The summed E-state index contributed by atoms with van der Waals surface area (Å²) in [6, 6.07) is 7.01. The molecule has 1 heteroatoms. The molecule has 0 radical (unpaired) electrons. The van der Waals surface area contributed by atoms with Crippen molar-refractivity contribution in [3.63, 3.8) is 0 Å². The SMILES string of the molecule is Cc1ccc2c(c1)C1(CCC1)CCC2CN. The smallest absolute Gasteiger partial charge is 0.000813 e. The lowest BCUT2D eigenvalue weighted by atomic mass is 9.56. The molecule has 1 unspecified atom stereocenters. The molecule has 2 N–H and O–H groups in total. The third-order valence-electron chi connectivity index (χ3n) is 4.79. The molecule has 86 valence electrons. The molecule has 1 spiro atoms. The topological polar surface area (TPSA) is 26.0 Å². The molecule has 0 amide bonds. The predicted octanol–water partition coefficient (Wildman–Crippen LogP) is 3.25. The van der Waals surface area contributed by atoms with Gasteiger partial charge in [0.1, 0.15) is 0 Å². The van der Waals surface area contributed by atoms with Gasteiger partial charge in [0.25, 0.3) is 0 Å². The summed E-state index contributed by atoms with van der Waals surface area (Å²) in [6.07, 6.45) is 6.89. The van der Waals surface area contributed by atoms with Crippen LogP contribution in [0.1, 0.15) is 54.7 Å². The van der Waals surface area contributed by atoms with Gasteiger partial charge < -0.3 is 5.73 Å². The van der Waals surface area contributed by atoms with E-state index in [9.17, 15) is 0 Å². The summed E-state index contributed by atoms with van der Waals surface area (Å²) < 4.78 is 0. The Kier molecular flexibility index (Phi) is 2.32. The fraction of sp³-hybridized carbons (Fsp3) is 0.600. The standard InChI is InChI=1S/C15H21N/c1-11-3-4-13-12(10-16)5-8-15(6-2-7-15)14(13)9-11/h3-4,9,12H,2,5-8,10,16H2,1H3. The van der Waals surface area contributed by atoms with E-state index in [-0.39, 0.29) is 0 Å². The minimum Gasteiger partial charge on any atom is -0.330 e. The van der Waals surface area contributed by atoms with Crippen LogP contribution in [-0.4, -0.2) is 6.54 Å². The molecule has 16 heavy (non-hydrogen) atoms. The molecule has 2 aliphatic rings. The molecule has 3 rings (SSSR count). The second-order valence-corrected chi connectivity index (χ2v) is 5.70. The largest absolute Gasteiger partial charge is 0.330 e. The first-order chi connectivity index (χ1) is 7.75. The molecule has 2 aliphatic carbocycles. The molecule has 0 saturated heterocycles. The maximum absolute atomic E-state index is 5.90. The second kappa shape index (κ2) is 3.59. The fourth-order valence-corrected chi connectivity index (χ4v) is 3.59. The van der Waals surface area contributed by atoms with Crippen LogP contribution in [0.25, 0.3) is 0 Å². The summed E-state index contributed by atoms with van der Waals surface area (Å²) in [5.41, 5.74) is 11.1.